The summed E-state index contributed by atoms with van der Waals surface area (Å²) in [5, 5.41) is 20.9. The van der Waals surface area contributed by atoms with Crippen molar-refractivity contribution in [2.24, 2.45) is 40.4 Å². The van der Waals surface area contributed by atoms with Crippen molar-refractivity contribution in [3.05, 3.63) is 48.6 Å². The van der Waals surface area contributed by atoms with E-state index >= 15 is 0 Å². The van der Waals surface area contributed by atoms with Crippen LogP contribution in [0.15, 0.2) is 43.0 Å². The van der Waals surface area contributed by atoms with E-state index in [0.717, 1.165) is 12.5 Å². The van der Waals surface area contributed by atoms with Crippen LogP contribution in [0, 0.1) is 40.4 Å². The highest BCUT2D eigenvalue weighted by Gasteiger charge is 2.46. The average molecular weight is 601 g/mol. The van der Waals surface area contributed by atoms with Crippen molar-refractivity contribution in [3.8, 4) is 0 Å². The highest BCUT2D eigenvalue weighted by atomic mass is 16.6. The van der Waals surface area contributed by atoms with Crippen LogP contribution in [-0.4, -0.2) is 46.9 Å². The molecular formula is C36H56O7. The maximum Gasteiger partial charge on any atom is 0.330 e. The quantitative estimate of drug-likeness (QED) is 0.150. The van der Waals surface area contributed by atoms with Crippen LogP contribution in [0.5, 0.6) is 0 Å². The first-order chi connectivity index (χ1) is 20.0. The second-order valence-corrected chi connectivity index (χ2v) is 14.4. The van der Waals surface area contributed by atoms with Crippen LogP contribution < -0.4 is 0 Å². The first-order valence-corrected chi connectivity index (χ1v) is 16.0. The second kappa shape index (κ2) is 15.9. The summed E-state index contributed by atoms with van der Waals surface area (Å²) in [6.45, 7) is 20.2. The van der Waals surface area contributed by atoms with Gasteiger partial charge in [-0.1, -0.05) is 92.3 Å². The van der Waals surface area contributed by atoms with E-state index in [2.05, 4.69) is 58.5 Å². The molecule has 1 aromatic carbocycles. The Balaban J connectivity index is 2.32. The van der Waals surface area contributed by atoms with Crippen molar-refractivity contribution in [2.45, 2.75) is 112 Å². The fourth-order valence-corrected chi connectivity index (χ4v) is 6.81. The van der Waals surface area contributed by atoms with Gasteiger partial charge in [0.05, 0.1) is 24.5 Å². The van der Waals surface area contributed by atoms with E-state index in [1.54, 1.807) is 0 Å². The maximum absolute atomic E-state index is 14.1. The number of carbonyl (C=O) groups is 3. The van der Waals surface area contributed by atoms with E-state index in [1.165, 1.54) is 5.56 Å². The number of aliphatic hydroxyl groups excluding tert-OH is 1. The number of ether oxygens (including phenoxy) is 2. The molecule has 7 atom stereocenters. The van der Waals surface area contributed by atoms with Crippen LogP contribution in [0.25, 0.3) is 0 Å². The zero-order valence-corrected chi connectivity index (χ0v) is 27.7. The first-order valence-electron chi connectivity index (χ1n) is 16.0. The van der Waals surface area contributed by atoms with Gasteiger partial charge in [0.15, 0.2) is 0 Å². The lowest BCUT2D eigenvalue weighted by atomic mass is 9.61. The Morgan fingerprint density at radius 3 is 2.16 bits per heavy atom. The molecule has 1 fully saturated rings. The molecule has 0 radical (unpaired) electrons. The Kier molecular flexibility index (Phi) is 13.5. The van der Waals surface area contributed by atoms with Crippen LogP contribution in [0.2, 0.25) is 0 Å². The summed E-state index contributed by atoms with van der Waals surface area (Å²) in [6.07, 6.45) is 2.88. The molecule has 1 aromatic rings. The van der Waals surface area contributed by atoms with E-state index < -0.39 is 41.4 Å². The highest BCUT2D eigenvalue weighted by molar-refractivity contribution is 5.81. The van der Waals surface area contributed by atoms with E-state index in [1.807, 2.05) is 33.8 Å². The molecular weight excluding hydrogens is 544 g/mol. The van der Waals surface area contributed by atoms with Crippen molar-refractivity contribution in [1.29, 1.82) is 0 Å². The summed E-state index contributed by atoms with van der Waals surface area (Å²) >= 11 is 0. The smallest absolute Gasteiger partial charge is 0.330 e. The second-order valence-electron chi connectivity index (χ2n) is 14.4. The van der Waals surface area contributed by atoms with Crippen molar-refractivity contribution < 1.29 is 34.1 Å². The topological polar surface area (TPSA) is 110 Å². The SMILES string of the molecule is C=CC(=O)OCC1CCC(OC(=O)C(CC(C)(C)C(C)C(CC)c2ccccc2)C(C)(C)CC(C(=O)O)C(C)C)C(O)C1. The fourth-order valence-electron chi connectivity index (χ4n) is 6.81. The van der Waals surface area contributed by atoms with Crippen LogP contribution in [-0.2, 0) is 23.9 Å². The monoisotopic (exact) mass is 600 g/mol. The summed E-state index contributed by atoms with van der Waals surface area (Å²) in [4.78, 5) is 37.8. The van der Waals surface area contributed by atoms with Gasteiger partial charge in [0, 0.05) is 6.08 Å². The maximum atomic E-state index is 14.1. The average Bonchev–Trinajstić information content (AvgIpc) is 2.95. The molecule has 1 saturated carbocycles. The molecule has 7 heteroatoms. The first kappa shape index (κ1) is 36.5. The van der Waals surface area contributed by atoms with Gasteiger partial charge in [0.2, 0.25) is 0 Å². The Hall–Kier alpha value is -2.67. The largest absolute Gasteiger partial charge is 0.481 e. The van der Waals surface area contributed by atoms with Crippen LogP contribution >= 0.6 is 0 Å². The third-order valence-electron chi connectivity index (χ3n) is 10.1. The molecule has 0 spiro atoms. The third kappa shape index (κ3) is 10.2. The molecule has 2 N–H and O–H groups in total. The van der Waals surface area contributed by atoms with Crippen molar-refractivity contribution >= 4 is 17.9 Å². The number of rotatable bonds is 16. The Bertz CT molecular complexity index is 1060. The lowest BCUT2D eigenvalue weighted by Crippen LogP contribution is -2.45. The van der Waals surface area contributed by atoms with E-state index in [4.69, 9.17) is 9.47 Å². The zero-order chi connectivity index (χ0) is 32.5. The molecule has 2 rings (SSSR count). The number of esters is 2. The molecule has 7 nitrogen and oxygen atoms in total. The molecule has 0 aliphatic heterocycles. The molecule has 242 valence electrons. The number of hydrogen-bond acceptors (Lipinski definition) is 6. The standard InChI is InChI=1S/C36H56O7/c1-10-27(26-15-13-12-14-16-26)24(5)35(6,7)21-29(36(8,9)20-28(23(3)4)33(39)40)34(41)43-31-18-17-25(19-30(31)37)22-42-32(38)11-2/h11-16,23-25,27-31,37H,2,10,17-22H2,1,3-9H3,(H,39,40). The molecule has 43 heavy (non-hydrogen) atoms. The zero-order valence-electron chi connectivity index (χ0n) is 27.7. The van der Waals surface area contributed by atoms with Crippen molar-refractivity contribution in [1.82, 2.24) is 0 Å². The Morgan fingerprint density at radius 2 is 1.65 bits per heavy atom. The number of aliphatic hydroxyl groups is 1. The lowest BCUT2D eigenvalue weighted by molar-refractivity contribution is -0.172. The van der Waals surface area contributed by atoms with Gasteiger partial charge < -0.3 is 19.7 Å². The summed E-state index contributed by atoms with van der Waals surface area (Å²) in [7, 11) is 0. The van der Waals surface area contributed by atoms with Gasteiger partial charge >= 0.3 is 17.9 Å². The third-order valence-corrected chi connectivity index (χ3v) is 10.1. The predicted molar refractivity (Wildman–Crippen MR) is 169 cm³/mol. The number of carbonyl (C=O) groups excluding carboxylic acids is 2. The number of carboxylic acid groups (broad SMARTS) is 1. The normalized spacial score (nSPS) is 22.2. The highest BCUT2D eigenvalue weighted by Crippen LogP contribution is 2.49. The number of carboxylic acids is 1. The van der Waals surface area contributed by atoms with E-state index in [-0.39, 0.29) is 35.7 Å². The summed E-state index contributed by atoms with van der Waals surface area (Å²) in [5.41, 5.74) is 0.323. The van der Waals surface area contributed by atoms with Gasteiger partial charge in [-0.15, -0.1) is 0 Å². The molecule has 0 bridgehead atoms. The summed E-state index contributed by atoms with van der Waals surface area (Å²) in [5.74, 6) is -2.49. The van der Waals surface area contributed by atoms with Gasteiger partial charge in [-0.25, -0.2) is 4.79 Å². The molecule has 0 aromatic heterocycles. The molecule has 7 unspecified atom stereocenters. The van der Waals surface area contributed by atoms with Crippen molar-refractivity contribution in [3.63, 3.8) is 0 Å². The minimum atomic E-state index is -0.870. The predicted octanol–water partition coefficient (Wildman–Crippen LogP) is 7.42. The Labute approximate surface area is 259 Å². The van der Waals surface area contributed by atoms with Crippen LogP contribution in [0.4, 0.5) is 0 Å². The van der Waals surface area contributed by atoms with Gasteiger partial charge in [-0.2, -0.15) is 0 Å². The van der Waals surface area contributed by atoms with E-state index in [9.17, 15) is 24.6 Å². The number of benzene rings is 1. The number of hydrogen-bond donors (Lipinski definition) is 2. The number of aliphatic carboxylic acids is 1. The summed E-state index contributed by atoms with van der Waals surface area (Å²) in [6, 6.07) is 10.5. The van der Waals surface area contributed by atoms with Gasteiger partial charge in [0.1, 0.15) is 6.10 Å². The van der Waals surface area contributed by atoms with Crippen LogP contribution in [0.1, 0.15) is 105 Å². The van der Waals surface area contributed by atoms with E-state index in [0.29, 0.717) is 38.0 Å². The summed E-state index contributed by atoms with van der Waals surface area (Å²) < 4.78 is 11.3. The minimum absolute atomic E-state index is 0.0211. The lowest BCUT2D eigenvalue weighted by Gasteiger charge is -2.44. The molecule has 1 aliphatic carbocycles. The molecule has 0 heterocycles. The molecule has 0 saturated heterocycles. The van der Waals surface area contributed by atoms with Gasteiger partial charge in [-0.3, -0.25) is 9.59 Å². The molecule has 1 aliphatic rings. The Morgan fingerprint density at radius 1 is 1.02 bits per heavy atom. The van der Waals surface area contributed by atoms with Crippen LogP contribution in [0.3, 0.4) is 0 Å². The minimum Gasteiger partial charge on any atom is -0.481 e. The van der Waals surface area contributed by atoms with Gasteiger partial charge in [-0.05, 0) is 78.6 Å². The fraction of sp³-hybridized carbons (Fsp3) is 0.694. The van der Waals surface area contributed by atoms with Gasteiger partial charge in [0.25, 0.3) is 0 Å². The molecule has 0 amide bonds. The van der Waals surface area contributed by atoms with Crippen molar-refractivity contribution in [2.75, 3.05) is 6.61 Å².